The Morgan fingerprint density at radius 1 is 1.09 bits per heavy atom. The van der Waals surface area contributed by atoms with E-state index in [1.165, 1.54) is 0 Å². The quantitative estimate of drug-likeness (QED) is 0.568. The van der Waals surface area contributed by atoms with Gasteiger partial charge in [0.25, 0.3) is 0 Å². The summed E-state index contributed by atoms with van der Waals surface area (Å²) in [6, 6.07) is 15.8. The van der Waals surface area contributed by atoms with Gasteiger partial charge in [0.15, 0.2) is 0 Å². The van der Waals surface area contributed by atoms with Crippen molar-refractivity contribution < 1.29 is 29.0 Å². The van der Waals surface area contributed by atoms with E-state index in [4.69, 9.17) is 14.6 Å². The first-order valence-electron chi connectivity index (χ1n) is 11.1. The molecule has 3 atom stereocenters. The van der Waals surface area contributed by atoms with Crippen molar-refractivity contribution in [3.05, 3.63) is 59.7 Å². The molecule has 0 radical (unpaired) electrons. The average molecular weight is 453 g/mol. The van der Waals surface area contributed by atoms with Gasteiger partial charge in [0.2, 0.25) is 5.91 Å². The SMILES string of the molecule is CC(CC(=O)NC[C@H]1C[C@@H](C(=O)O)CO1)NC(=O)OCC1c2ccccc2-c2ccccc21. The highest BCUT2D eigenvalue weighted by molar-refractivity contribution is 5.79. The van der Waals surface area contributed by atoms with Crippen LogP contribution >= 0.6 is 0 Å². The fourth-order valence-corrected chi connectivity index (χ4v) is 4.49. The molecule has 8 heteroatoms. The normalized spacial score (nSPS) is 19.9. The Kier molecular flexibility index (Phi) is 6.93. The van der Waals surface area contributed by atoms with Gasteiger partial charge in [-0.15, -0.1) is 0 Å². The van der Waals surface area contributed by atoms with Crippen molar-refractivity contribution in [3.8, 4) is 11.1 Å². The molecule has 1 heterocycles. The van der Waals surface area contributed by atoms with Crippen LogP contribution in [0.5, 0.6) is 0 Å². The summed E-state index contributed by atoms with van der Waals surface area (Å²) in [5.41, 5.74) is 4.59. The Morgan fingerprint density at radius 2 is 1.73 bits per heavy atom. The summed E-state index contributed by atoms with van der Waals surface area (Å²) >= 11 is 0. The van der Waals surface area contributed by atoms with E-state index in [0.717, 1.165) is 22.3 Å². The number of carbonyl (C=O) groups is 3. The number of carboxylic acids is 1. The van der Waals surface area contributed by atoms with Gasteiger partial charge in [-0.2, -0.15) is 0 Å². The van der Waals surface area contributed by atoms with Gasteiger partial charge in [-0.25, -0.2) is 4.79 Å². The van der Waals surface area contributed by atoms with Crippen molar-refractivity contribution in [1.29, 1.82) is 0 Å². The van der Waals surface area contributed by atoms with Gasteiger partial charge in [0.05, 0.1) is 18.6 Å². The standard InChI is InChI=1S/C25H28N2O6/c1-15(10-23(28)26-12-17-11-16(13-32-17)24(29)30)27-25(31)33-14-22-20-8-4-2-6-18(20)19-7-3-5-9-21(19)22/h2-9,15-17,22H,10-14H2,1H3,(H,26,28)(H,27,31)(H,29,30)/t15?,16-,17-/m1/s1. The Morgan fingerprint density at radius 3 is 2.33 bits per heavy atom. The number of fused-ring (bicyclic) bond motifs is 3. The summed E-state index contributed by atoms with van der Waals surface area (Å²) in [5, 5.41) is 14.4. The molecular formula is C25H28N2O6. The fourth-order valence-electron chi connectivity index (χ4n) is 4.49. The Bertz CT molecular complexity index is 994. The summed E-state index contributed by atoms with van der Waals surface area (Å²) < 4.78 is 10.9. The molecule has 1 unspecified atom stereocenters. The number of carboxylic acid groups (broad SMARTS) is 1. The minimum absolute atomic E-state index is 0.0252. The van der Waals surface area contributed by atoms with E-state index in [1.54, 1.807) is 6.92 Å². The maximum Gasteiger partial charge on any atom is 0.407 e. The minimum Gasteiger partial charge on any atom is -0.481 e. The summed E-state index contributed by atoms with van der Waals surface area (Å²) in [6.07, 6.45) is -0.413. The van der Waals surface area contributed by atoms with Crippen molar-refractivity contribution in [3.63, 3.8) is 0 Å². The van der Waals surface area contributed by atoms with Crippen LogP contribution in [0.3, 0.4) is 0 Å². The predicted molar refractivity (Wildman–Crippen MR) is 121 cm³/mol. The molecule has 0 spiro atoms. The highest BCUT2D eigenvalue weighted by atomic mass is 16.5. The molecule has 3 N–H and O–H groups in total. The summed E-state index contributed by atoms with van der Waals surface area (Å²) in [5.74, 6) is -1.68. The van der Waals surface area contributed by atoms with Crippen molar-refractivity contribution in [2.45, 2.75) is 37.8 Å². The Labute approximate surface area is 192 Å². The molecule has 174 valence electrons. The molecule has 0 saturated carbocycles. The number of ether oxygens (including phenoxy) is 2. The van der Waals surface area contributed by atoms with Gasteiger partial charge in [-0.1, -0.05) is 48.5 Å². The molecule has 2 aromatic carbocycles. The third kappa shape index (κ3) is 5.34. The van der Waals surface area contributed by atoms with Crippen molar-refractivity contribution >= 4 is 18.0 Å². The lowest BCUT2D eigenvalue weighted by Gasteiger charge is -2.17. The van der Waals surface area contributed by atoms with Crippen LogP contribution in [-0.2, 0) is 19.1 Å². The second-order valence-electron chi connectivity index (χ2n) is 8.61. The monoisotopic (exact) mass is 452 g/mol. The second-order valence-corrected chi connectivity index (χ2v) is 8.61. The lowest BCUT2D eigenvalue weighted by Crippen LogP contribution is -2.39. The average Bonchev–Trinajstić information content (AvgIpc) is 3.39. The number of carbonyl (C=O) groups excluding carboxylic acids is 2. The van der Waals surface area contributed by atoms with Crippen LogP contribution in [0, 0.1) is 5.92 Å². The van der Waals surface area contributed by atoms with Crippen molar-refractivity contribution in [2.75, 3.05) is 19.8 Å². The topological polar surface area (TPSA) is 114 Å². The van der Waals surface area contributed by atoms with E-state index in [9.17, 15) is 14.4 Å². The van der Waals surface area contributed by atoms with Gasteiger partial charge < -0.3 is 25.2 Å². The molecule has 1 saturated heterocycles. The molecule has 2 aromatic rings. The van der Waals surface area contributed by atoms with E-state index < -0.39 is 24.0 Å². The number of hydrogen-bond donors (Lipinski definition) is 3. The number of amides is 2. The zero-order valence-corrected chi connectivity index (χ0v) is 18.5. The highest BCUT2D eigenvalue weighted by Crippen LogP contribution is 2.44. The number of alkyl carbamates (subject to hydrolysis) is 1. The number of benzene rings is 2. The van der Waals surface area contributed by atoms with Crippen molar-refractivity contribution in [2.24, 2.45) is 5.92 Å². The molecule has 0 aromatic heterocycles. The molecule has 8 nitrogen and oxygen atoms in total. The number of hydrogen-bond acceptors (Lipinski definition) is 5. The minimum atomic E-state index is -0.884. The van der Waals surface area contributed by atoms with E-state index in [1.807, 2.05) is 24.3 Å². The summed E-state index contributed by atoms with van der Waals surface area (Å²) in [4.78, 5) is 35.5. The number of aliphatic carboxylic acids is 1. The molecule has 1 aliphatic carbocycles. The highest BCUT2D eigenvalue weighted by Gasteiger charge is 2.31. The van der Waals surface area contributed by atoms with Gasteiger partial charge >= 0.3 is 12.1 Å². The Balaban J connectivity index is 1.22. The van der Waals surface area contributed by atoms with Crippen LogP contribution in [-0.4, -0.2) is 55.0 Å². The molecule has 2 amide bonds. The first kappa shape index (κ1) is 22.8. The van der Waals surface area contributed by atoms with Crippen LogP contribution in [0.1, 0.15) is 36.8 Å². The molecule has 33 heavy (non-hydrogen) atoms. The smallest absolute Gasteiger partial charge is 0.407 e. The molecule has 1 fully saturated rings. The Hall–Kier alpha value is -3.39. The van der Waals surface area contributed by atoms with E-state index in [2.05, 4.69) is 34.9 Å². The summed E-state index contributed by atoms with van der Waals surface area (Å²) in [7, 11) is 0. The zero-order chi connectivity index (χ0) is 23.4. The molecular weight excluding hydrogens is 424 g/mol. The largest absolute Gasteiger partial charge is 0.481 e. The van der Waals surface area contributed by atoms with Gasteiger partial charge in [0.1, 0.15) is 6.61 Å². The third-order valence-electron chi connectivity index (χ3n) is 6.16. The lowest BCUT2D eigenvalue weighted by atomic mass is 9.98. The maximum atomic E-state index is 12.3. The molecule has 4 rings (SSSR count). The number of nitrogens with one attached hydrogen (secondary N) is 2. The molecule has 2 aliphatic rings. The van der Waals surface area contributed by atoms with Crippen LogP contribution in [0.2, 0.25) is 0 Å². The van der Waals surface area contributed by atoms with Crippen molar-refractivity contribution in [1.82, 2.24) is 10.6 Å². The molecule has 1 aliphatic heterocycles. The predicted octanol–water partition coefficient (Wildman–Crippen LogP) is 2.91. The maximum absolute atomic E-state index is 12.3. The summed E-state index contributed by atoms with van der Waals surface area (Å²) in [6.45, 7) is 2.35. The van der Waals surface area contributed by atoms with Gasteiger partial charge in [-0.3, -0.25) is 9.59 Å². The van der Waals surface area contributed by atoms with Gasteiger partial charge in [0, 0.05) is 24.9 Å². The fraction of sp³-hybridized carbons (Fsp3) is 0.400. The molecule has 0 bridgehead atoms. The van der Waals surface area contributed by atoms with Crippen LogP contribution < -0.4 is 10.6 Å². The van der Waals surface area contributed by atoms with Crippen LogP contribution in [0.4, 0.5) is 4.79 Å². The first-order valence-corrected chi connectivity index (χ1v) is 11.1. The van der Waals surface area contributed by atoms with E-state index >= 15 is 0 Å². The zero-order valence-electron chi connectivity index (χ0n) is 18.5. The number of rotatable bonds is 8. The third-order valence-corrected chi connectivity index (χ3v) is 6.16. The first-order chi connectivity index (χ1) is 15.9. The van der Waals surface area contributed by atoms with Crippen LogP contribution in [0.15, 0.2) is 48.5 Å². The van der Waals surface area contributed by atoms with Crippen LogP contribution in [0.25, 0.3) is 11.1 Å². The lowest BCUT2D eigenvalue weighted by molar-refractivity contribution is -0.141. The van der Waals surface area contributed by atoms with E-state index in [0.29, 0.717) is 6.42 Å². The van der Waals surface area contributed by atoms with E-state index in [-0.39, 0.29) is 44.1 Å². The second kappa shape index (κ2) is 10.0. The van der Waals surface area contributed by atoms with Gasteiger partial charge in [-0.05, 0) is 35.6 Å².